The smallest absolute Gasteiger partial charge is 0.305 e. The van der Waals surface area contributed by atoms with Crippen LogP contribution in [0.15, 0.2) is 24.3 Å². The van der Waals surface area contributed by atoms with E-state index < -0.39 is 6.10 Å². The largest absolute Gasteiger partial charge is 0.491 e. The number of aryl methyl sites for hydroxylation is 1. The van der Waals surface area contributed by atoms with Crippen LogP contribution < -0.4 is 4.74 Å². The molecule has 0 aromatic heterocycles. The number of rotatable bonds is 7. The molecule has 100 valence electrons. The molecule has 0 saturated heterocycles. The maximum Gasteiger partial charge on any atom is 0.305 e. The fourth-order valence-electron chi connectivity index (χ4n) is 1.35. The molecule has 1 aromatic rings. The summed E-state index contributed by atoms with van der Waals surface area (Å²) in [6.07, 6.45) is 0.0931. The number of aliphatic hydroxyl groups excluding tert-OH is 2. The van der Waals surface area contributed by atoms with Crippen LogP contribution in [0.5, 0.6) is 5.75 Å². The third-order valence-corrected chi connectivity index (χ3v) is 2.42. The van der Waals surface area contributed by atoms with Gasteiger partial charge in [-0.2, -0.15) is 0 Å². The highest BCUT2D eigenvalue weighted by Crippen LogP contribution is 2.13. The lowest BCUT2D eigenvalue weighted by Gasteiger charge is -2.10. The maximum atomic E-state index is 11.0. The van der Waals surface area contributed by atoms with Gasteiger partial charge in [0.15, 0.2) is 0 Å². The number of hydrogen-bond acceptors (Lipinski definition) is 5. The zero-order valence-corrected chi connectivity index (χ0v) is 10.3. The number of methoxy groups -OCH3 is 1. The van der Waals surface area contributed by atoms with E-state index in [-0.39, 0.29) is 19.2 Å². The fraction of sp³-hybridized carbons (Fsp3) is 0.462. The zero-order chi connectivity index (χ0) is 13.4. The number of benzene rings is 1. The Morgan fingerprint density at radius 2 is 2.00 bits per heavy atom. The average Bonchev–Trinajstić information content (AvgIpc) is 2.43. The van der Waals surface area contributed by atoms with Crippen LogP contribution in [-0.4, -0.2) is 42.6 Å². The van der Waals surface area contributed by atoms with E-state index in [1.54, 1.807) is 12.1 Å². The Labute approximate surface area is 106 Å². The van der Waals surface area contributed by atoms with E-state index in [2.05, 4.69) is 4.74 Å². The van der Waals surface area contributed by atoms with Gasteiger partial charge >= 0.3 is 5.97 Å². The first-order valence-electron chi connectivity index (χ1n) is 5.73. The monoisotopic (exact) mass is 254 g/mol. The summed E-state index contributed by atoms with van der Waals surface area (Å²) in [6.45, 7) is -0.269. The van der Waals surface area contributed by atoms with Crippen LogP contribution in [0, 0.1) is 0 Å². The first kappa shape index (κ1) is 14.5. The lowest BCUT2D eigenvalue weighted by molar-refractivity contribution is -0.140. The Kier molecular flexibility index (Phi) is 6.18. The molecule has 0 unspecified atom stereocenters. The first-order valence-corrected chi connectivity index (χ1v) is 5.73. The number of aliphatic hydroxyl groups is 2. The highest BCUT2D eigenvalue weighted by molar-refractivity contribution is 5.69. The van der Waals surface area contributed by atoms with Crippen LogP contribution in [0.4, 0.5) is 0 Å². The number of esters is 1. The number of ether oxygens (including phenoxy) is 2. The van der Waals surface area contributed by atoms with Crippen LogP contribution in [0.3, 0.4) is 0 Å². The molecule has 0 radical (unpaired) electrons. The minimum Gasteiger partial charge on any atom is -0.491 e. The van der Waals surface area contributed by atoms with E-state index in [0.29, 0.717) is 18.6 Å². The summed E-state index contributed by atoms with van der Waals surface area (Å²) in [6, 6.07) is 7.22. The molecule has 0 aliphatic rings. The molecule has 1 atom stereocenters. The Morgan fingerprint density at radius 1 is 1.33 bits per heavy atom. The summed E-state index contributed by atoms with van der Waals surface area (Å²) < 4.78 is 9.82. The summed E-state index contributed by atoms with van der Waals surface area (Å²) in [7, 11) is 1.37. The minimum atomic E-state index is -0.871. The van der Waals surface area contributed by atoms with E-state index in [9.17, 15) is 4.79 Å². The van der Waals surface area contributed by atoms with Gasteiger partial charge in [-0.25, -0.2) is 0 Å². The molecular formula is C13H18O5. The Morgan fingerprint density at radius 3 is 2.56 bits per heavy atom. The SMILES string of the molecule is COC(=O)CCc1ccc(OC[C@H](O)CO)cc1. The normalized spacial score (nSPS) is 11.9. The summed E-state index contributed by atoms with van der Waals surface area (Å²) in [5.74, 6) is 0.380. The fourth-order valence-corrected chi connectivity index (χ4v) is 1.35. The van der Waals surface area contributed by atoms with Crippen molar-refractivity contribution in [1.29, 1.82) is 0 Å². The van der Waals surface area contributed by atoms with E-state index in [4.69, 9.17) is 14.9 Å². The summed E-state index contributed by atoms with van der Waals surface area (Å²) in [4.78, 5) is 11.0. The number of carbonyl (C=O) groups is 1. The van der Waals surface area contributed by atoms with Crippen LogP contribution in [0.25, 0.3) is 0 Å². The molecule has 2 N–H and O–H groups in total. The summed E-state index contributed by atoms with van der Waals surface area (Å²) in [5, 5.41) is 17.7. The van der Waals surface area contributed by atoms with Crippen molar-refractivity contribution in [3.05, 3.63) is 29.8 Å². The average molecular weight is 254 g/mol. The second-order valence-electron chi connectivity index (χ2n) is 3.87. The minimum absolute atomic E-state index is 0.0536. The number of hydrogen-bond donors (Lipinski definition) is 2. The molecule has 0 fully saturated rings. The molecule has 0 amide bonds. The first-order chi connectivity index (χ1) is 8.65. The molecule has 0 aliphatic carbocycles. The molecule has 0 heterocycles. The summed E-state index contributed by atoms with van der Waals surface area (Å²) in [5.41, 5.74) is 1.01. The standard InChI is InChI=1S/C13H18O5/c1-17-13(16)7-4-10-2-5-12(6-3-10)18-9-11(15)8-14/h2-3,5-6,11,14-15H,4,7-9H2,1H3/t11-/m1/s1. The maximum absolute atomic E-state index is 11.0. The van der Waals surface area contributed by atoms with Gasteiger partial charge in [-0.3, -0.25) is 4.79 Å². The Hall–Kier alpha value is -1.59. The Bertz CT molecular complexity index is 360. The molecule has 0 aliphatic heterocycles. The molecule has 0 spiro atoms. The van der Waals surface area contributed by atoms with Crippen LogP contribution >= 0.6 is 0 Å². The zero-order valence-electron chi connectivity index (χ0n) is 10.3. The van der Waals surface area contributed by atoms with Gasteiger partial charge < -0.3 is 19.7 Å². The van der Waals surface area contributed by atoms with Crippen molar-refractivity contribution < 1.29 is 24.5 Å². The van der Waals surface area contributed by atoms with E-state index in [0.717, 1.165) is 5.56 Å². The van der Waals surface area contributed by atoms with Gasteiger partial charge in [0, 0.05) is 6.42 Å². The van der Waals surface area contributed by atoms with Gasteiger partial charge in [-0.1, -0.05) is 12.1 Å². The van der Waals surface area contributed by atoms with E-state index in [1.165, 1.54) is 7.11 Å². The highest BCUT2D eigenvalue weighted by atomic mass is 16.5. The van der Waals surface area contributed by atoms with Gasteiger partial charge in [-0.15, -0.1) is 0 Å². The van der Waals surface area contributed by atoms with Crippen LogP contribution in [0.1, 0.15) is 12.0 Å². The second kappa shape index (κ2) is 7.68. The summed E-state index contributed by atoms with van der Waals surface area (Å²) >= 11 is 0. The molecule has 1 rings (SSSR count). The van der Waals surface area contributed by atoms with Crippen molar-refractivity contribution in [2.75, 3.05) is 20.3 Å². The van der Waals surface area contributed by atoms with Crippen molar-refractivity contribution in [1.82, 2.24) is 0 Å². The van der Waals surface area contributed by atoms with Gasteiger partial charge in [0.1, 0.15) is 18.5 Å². The second-order valence-corrected chi connectivity index (χ2v) is 3.87. The van der Waals surface area contributed by atoms with Crippen molar-refractivity contribution in [2.24, 2.45) is 0 Å². The Balaban J connectivity index is 2.40. The predicted octanol–water partition coefficient (Wildman–Crippen LogP) is 0.524. The topological polar surface area (TPSA) is 76.0 Å². The molecule has 5 heteroatoms. The van der Waals surface area contributed by atoms with Crippen LogP contribution in [0.2, 0.25) is 0 Å². The third kappa shape index (κ3) is 5.16. The predicted molar refractivity (Wildman–Crippen MR) is 65.4 cm³/mol. The van der Waals surface area contributed by atoms with Crippen molar-refractivity contribution in [3.63, 3.8) is 0 Å². The lowest BCUT2D eigenvalue weighted by Crippen LogP contribution is -2.21. The van der Waals surface area contributed by atoms with Crippen LogP contribution in [-0.2, 0) is 16.0 Å². The van der Waals surface area contributed by atoms with Crippen molar-refractivity contribution in [2.45, 2.75) is 18.9 Å². The quantitative estimate of drug-likeness (QED) is 0.694. The molecule has 1 aromatic carbocycles. The van der Waals surface area contributed by atoms with Gasteiger partial charge in [0.2, 0.25) is 0 Å². The molecule has 0 bridgehead atoms. The number of carbonyl (C=O) groups excluding carboxylic acids is 1. The molecular weight excluding hydrogens is 236 g/mol. The van der Waals surface area contributed by atoms with Gasteiger partial charge in [-0.05, 0) is 24.1 Å². The van der Waals surface area contributed by atoms with Crippen molar-refractivity contribution >= 4 is 5.97 Å². The third-order valence-electron chi connectivity index (χ3n) is 2.42. The van der Waals surface area contributed by atoms with E-state index in [1.807, 2.05) is 12.1 Å². The van der Waals surface area contributed by atoms with Crippen molar-refractivity contribution in [3.8, 4) is 5.75 Å². The van der Waals surface area contributed by atoms with Gasteiger partial charge in [0.25, 0.3) is 0 Å². The lowest BCUT2D eigenvalue weighted by atomic mass is 10.1. The molecule has 0 saturated carbocycles. The molecule has 5 nitrogen and oxygen atoms in total. The molecule has 18 heavy (non-hydrogen) atoms. The highest BCUT2D eigenvalue weighted by Gasteiger charge is 2.04. The van der Waals surface area contributed by atoms with E-state index >= 15 is 0 Å². The van der Waals surface area contributed by atoms with Gasteiger partial charge in [0.05, 0.1) is 13.7 Å².